The van der Waals surface area contributed by atoms with Gasteiger partial charge < -0.3 is 10.0 Å². The number of aromatic nitrogens is 1. The fourth-order valence-corrected chi connectivity index (χ4v) is 2.29. The van der Waals surface area contributed by atoms with Crippen LogP contribution in [0.2, 0.25) is 0 Å². The highest BCUT2D eigenvalue weighted by Crippen LogP contribution is 2.22. The van der Waals surface area contributed by atoms with E-state index in [9.17, 15) is 9.50 Å². The van der Waals surface area contributed by atoms with Crippen molar-refractivity contribution >= 4 is 0 Å². The van der Waals surface area contributed by atoms with E-state index < -0.39 is 6.10 Å². The van der Waals surface area contributed by atoms with Crippen molar-refractivity contribution in [3.05, 3.63) is 29.8 Å². The van der Waals surface area contributed by atoms with Gasteiger partial charge in [0.25, 0.3) is 0 Å². The van der Waals surface area contributed by atoms with Crippen LogP contribution in [0.4, 0.5) is 4.39 Å². The summed E-state index contributed by atoms with van der Waals surface area (Å²) in [6.07, 6.45) is 0.489. The molecule has 4 heteroatoms. The predicted octanol–water partition coefficient (Wildman–Crippen LogP) is 3.26. The van der Waals surface area contributed by atoms with Gasteiger partial charge in [-0.1, -0.05) is 20.8 Å². The first kappa shape index (κ1) is 17.1. The molecule has 2 atom stereocenters. The van der Waals surface area contributed by atoms with Gasteiger partial charge in [-0.25, -0.2) is 4.39 Å². The summed E-state index contributed by atoms with van der Waals surface area (Å²) in [6, 6.07) is 3.33. The second-order valence-corrected chi connectivity index (χ2v) is 6.26. The van der Waals surface area contributed by atoms with E-state index in [1.807, 2.05) is 6.92 Å². The van der Waals surface area contributed by atoms with Crippen molar-refractivity contribution in [1.29, 1.82) is 0 Å². The molecular formula is C16H27FN2O. The van der Waals surface area contributed by atoms with Crippen LogP contribution >= 0.6 is 0 Å². The molecule has 1 heterocycles. The van der Waals surface area contributed by atoms with Crippen LogP contribution in [-0.4, -0.2) is 34.1 Å². The Labute approximate surface area is 121 Å². The van der Waals surface area contributed by atoms with Crippen molar-refractivity contribution in [3.8, 4) is 0 Å². The largest absolute Gasteiger partial charge is 0.386 e. The lowest BCUT2D eigenvalue weighted by Gasteiger charge is -2.32. The summed E-state index contributed by atoms with van der Waals surface area (Å²) in [5.41, 5.74) is 0.534. The highest BCUT2D eigenvalue weighted by atomic mass is 19.1. The summed E-state index contributed by atoms with van der Waals surface area (Å²) in [7, 11) is 0. The molecule has 0 aromatic carbocycles. The molecule has 0 aliphatic carbocycles. The van der Waals surface area contributed by atoms with Crippen molar-refractivity contribution in [1.82, 2.24) is 9.88 Å². The minimum Gasteiger partial charge on any atom is -0.386 e. The Balaban J connectivity index is 2.67. The molecule has 3 nitrogen and oxygen atoms in total. The Hall–Kier alpha value is -1.00. The molecule has 0 aliphatic heterocycles. The van der Waals surface area contributed by atoms with Gasteiger partial charge >= 0.3 is 0 Å². The Morgan fingerprint density at radius 1 is 1.15 bits per heavy atom. The molecule has 1 aromatic rings. The number of hydrogen-bond acceptors (Lipinski definition) is 3. The third-order valence-electron chi connectivity index (χ3n) is 3.44. The predicted molar refractivity (Wildman–Crippen MR) is 79.9 cm³/mol. The highest BCUT2D eigenvalue weighted by molar-refractivity contribution is 5.08. The second-order valence-electron chi connectivity index (χ2n) is 6.26. The van der Waals surface area contributed by atoms with Gasteiger partial charge in [0, 0.05) is 25.0 Å². The van der Waals surface area contributed by atoms with E-state index in [1.54, 1.807) is 6.07 Å². The van der Waals surface area contributed by atoms with Gasteiger partial charge in [0.1, 0.15) is 5.82 Å². The van der Waals surface area contributed by atoms with E-state index in [1.165, 1.54) is 6.07 Å². The zero-order valence-corrected chi connectivity index (χ0v) is 13.2. The summed E-state index contributed by atoms with van der Waals surface area (Å²) >= 11 is 0. The zero-order valence-electron chi connectivity index (χ0n) is 13.2. The lowest BCUT2D eigenvalue weighted by molar-refractivity contribution is 0.0708. The molecule has 0 bridgehead atoms. The standard InChI is InChI=1S/C16H27FN2O/c1-11(2)9-19(12(3)4)10-13(5)16(20)15-7-6-14(17)8-18-15/h6-8,11-13,16,20H,9-10H2,1-5H3. The lowest BCUT2D eigenvalue weighted by Crippen LogP contribution is -2.38. The maximum atomic E-state index is 12.9. The number of aliphatic hydroxyl groups is 1. The highest BCUT2D eigenvalue weighted by Gasteiger charge is 2.22. The summed E-state index contributed by atoms with van der Waals surface area (Å²) in [6.45, 7) is 12.5. The Morgan fingerprint density at radius 2 is 1.80 bits per heavy atom. The van der Waals surface area contributed by atoms with Gasteiger partial charge in [0.2, 0.25) is 0 Å². The monoisotopic (exact) mass is 282 g/mol. The fraction of sp³-hybridized carbons (Fsp3) is 0.688. The second kappa shape index (κ2) is 7.70. The first-order valence-corrected chi connectivity index (χ1v) is 7.34. The molecule has 0 radical (unpaired) electrons. The fourth-order valence-electron chi connectivity index (χ4n) is 2.29. The minimum absolute atomic E-state index is 0.0501. The third kappa shape index (κ3) is 5.17. The van der Waals surface area contributed by atoms with Gasteiger partial charge in [0.15, 0.2) is 0 Å². The van der Waals surface area contributed by atoms with E-state index in [0.717, 1.165) is 19.3 Å². The summed E-state index contributed by atoms with van der Waals surface area (Å²) < 4.78 is 12.9. The molecule has 1 aromatic heterocycles. The van der Waals surface area contributed by atoms with Crippen LogP contribution in [0.3, 0.4) is 0 Å². The van der Waals surface area contributed by atoms with Crippen molar-refractivity contribution < 1.29 is 9.50 Å². The Morgan fingerprint density at radius 3 is 2.25 bits per heavy atom. The van der Waals surface area contributed by atoms with Crippen molar-refractivity contribution in [2.24, 2.45) is 11.8 Å². The molecule has 0 fully saturated rings. The molecule has 0 aliphatic rings. The summed E-state index contributed by atoms with van der Waals surface area (Å²) in [5, 5.41) is 10.3. The number of aliphatic hydroxyl groups excluding tert-OH is 1. The lowest BCUT2D eigenvalue weighted by atomic mass is 9.99. The molecule has 0 saturated heterocycles. The van der Waals surface area contributed by atoms with Crippen LogP contribution in [0, 0.1) is 17.7 Å². The smallest absolute Gasteiger partial charge is 0.141 e. The van der Waals surface area contributed by atoms with Gasteiger partial charge in [-0.3, -0.25) is 4.98 Å². The normalized spacial score (nSPS) is 15.1. The number of pyridine rings is 1. The van der Waals surface area contributed by atoms with Crippen molar-refractivity contribution in [3.63, 3.8) is 0 Å². The quantitative estimate of drug-likeness (QED) is 0.834. The molecule has 2 unspecified atom stereocenters. The molecule has 1 rings (SSSR count). The van der Waals surface area contributed by atoms with Crippen LogP contribution in [0.5, 0.6) is 0 Å². The van der Waals surface area contributed by atoms with Gasteiger partial charge in [-0.15, -0.1) is 0 Å². The molecular weight excluding hydrogens is 255 g/mol. The first-order valence-electron chi connectivity index (χ1n) is 7.34. The molecule has 0 amide bonds. The molecule has 0 saturated carbocycles. The SMILES string of the molecule is CC(C)CN(CC(C)C(O)c1ccc(F)cn1)C(C)C. The first-order chi connectivity index (χ1) is 9.31. The number of nitrogens with zero attached hydrogens (tertiary/aromatic N) is 2. The number of rotatable bonds is 7. The maximum absolute atomic E-state index is 12.9. The maximum Gasteiger partial charge on any atom is 0.141 e. The van der Waals surface area contributed by atoms with Crippen LogP contribution in [0.25, 0.3) is 0 Å². The molecule has 20 heavy (non-hydrogen) atoms. The average Bonchev–Trinajstić information content (AvgIpc) is 2.37. The zero-order chi connectivity index (χ0) is 15.3. The van der Waals surface area contributed by atoms with Crippen LogP contribution in [0.15, 0.2) is 18.3 Å². The number of hydrogen-bond donors (Lipinski definition) is 1. The van der Waals surface area contributed by atoms with Crippen LogP contribution < -0.4 is 0 Å². The van der Waals surface area contributed by atoms with E-state index >= 15 is 0 Å². The minimum atomic E-state index is -0.663. The topological polar surface area (TPSA) is 36.4 Å². The molecule has 1 N–H and O–H groups in total. The van der Waals surface area contributed by atoms with Gasteiger partial charge in [-0.2, -0.15) is 0 Å². The van der Waals surface area contributed by atoms with E-state index in [0.29, 0.717) is 17.7 Å². The van der Waals surface area contributed by atoms with Crippen molar-refractivity contribution in [2.45, 2.75) is 46.8 Å². The van der Waals surface area contributed by atoms with E-state index in [2.05, 4.69) is 37.6 Å². The molecule has 0 spiro atoms. The van der Waals surface area contributed by atoms with Gasteiger partial charge in [-0.05, 0) is 31.9 Å². The van der Waals surface area contributed by atoms with E-state index in [-0.39, 0.29) is 11.7 Å². The average molecular weight is 282 g/mol. The van der Waals surface area contributed by atoms with Crippen LogP contribution in [0.1, 0.15) is 46.4 Å². The van der Waals surface area contributed by atoms with Crippen molar-refractivity contribution in [2.75, 3.05) is 13.1 Å². The molecule has 114 valence electrons. The van der Waals surface area contributed by atoms with E-state index in [4.69, 9.17) is 0 Å². The summed E-state index contributed by atoms with van der Waals surface area (Å²) in [5.74, 6) is 0.261. The Kier molecular flexibility index (Phi) is 6.56. The van der Waals surface area contributed by atoms with Gasteiger partial charge in [0.05, 0.1) is 18.0 Å². The Bertz CT molecular complexity index is 392. The summed E-state index contributed by atoms with van der Waals surface area (Å²) in [4.78, 5) is 6.33. The third-order valence-corrected chi connectivity index (χ3v) is 3.44. The van der Waals surface area contributed by atoms with Crippen LogP contribution in [-0.2, 0) is 0 Å². The number of halogens is 1.